The van der Waals surface area contributed by atoms with Gasteiger partial charge in [0.05, 0.1) is 22.2 Å². The molecular formula is C16H15N3O2. The molecule has 1 aliphatic carbocycles. The zero-order valence-corrected chi connectivity index (χ0v) is 11.5. The zero-order valence-electron chi connectivity index (χ0n) is 11.5. The highest BCUT2D eigenvalue weighted by atomic mass is 16.4. The number of carbonyl (C=O) groups is 1. The molecule has 0 atom stereocenters. The lowest BCUT2D eigenvalue weighted by atomic mass is 9.91. The van der Waals surface area contributed by atoms with Gasteiger partial charge in [-0.2, -0.15) is 5.26 Å². The maximum absolute atomic E-state index is 11.0. The molecule has 0 spiro atoms. The molecule has 106 valence electrons. The van der Waals surface area contributed by atoms with E-state index in [0.717, 1.165) is 31.3 Å². The number of carboxylic acid groups (broad SMARTS) is 1. The van der Waals surface area contributed by atoms with Gasteiger partial charge in [-0.3, -0.25) is 0 Å². The first-order chi connectivity index (χ1) is 10.2. The smallest absolute Gasteiger partial charge is 0.335 e. The average Bonchev–Trinajstić information content (AvgIpc) is 2.91. The number of nitrogens with one attached hydrogen (secondary N) is 1. The van der Waals surface area contributed by atoms with Crippen molar-refractivity contribution in [1.29, 1.82) is 5.26 Å². The Morgan fingerprint density at radius 2 is 2.05 bits per heavy atom. The number of aromatic carboxylic acids is 1. The Morgan fingerprint density at radius 3 is 2.71 bits per heavy atom. The minimum Gasteiger partial charge on any atom is -0.478 e. The molecule has 0 saturated heterocycles. The van der Waals surface area contributed by atoms with Gasteiger partial charge in [0.25, 0.3) is 0 Å². The van der Waals surface area contributed by atoms with Crippen LogP contribution in [0.15, 0.2) is 23.8 Å². The summed E-state index contributed by atoms with van der Waals surface area (Å²) in [6.45, 7) is 0. The molecule has 1 aliphatic rings. The van der Waals surface area contributed by atoms with Crippen molar-refractivity contribution in [2.45, 2.75) is 32.1 Å². The molecule has 0 aliphatic heterocycles. The molecule has 5 heteroatoms. The molecule has 1 aromatic carbocycles. The second kappa shape index (κ2) is 5.41. The molecule has 2 N–H and O–H groups in total. The Bertz CT molecular complexity index is 772. The first-order valence-corrected chi connectivity index (χ1v) is 7.04. The summed E-state index contributed by atoms with van der Waals surface area (Å²) >= 11 is 0. The lowest BCUT2D eigenvalue weighted by Crippen LogP contribution is -1.98. The zero-order chi connectivity index (χ0) is 14.8. The predicted octanol–water partition coefficient (Wildman–Crippen LogP) is 3.50. The highest BCUT2D eigenvalue weighted by Gasteiger charge is 2.16. The van der Waals surface area contributed by atoms with E-state index in [1.54, 1.807) is 12.1 Å². The average molecular weight is 281 g/mol. The molecule has 1 aromatic heterocycles. The number of fused-ring (bicyclic) bond motifs is 1. The number of hydrogen-bond acceptors (Lipinski definition) is 3. The van der Waals surface area contributed by atoms with Crippen LogP contribution in [0.5, 0.6) is 0 Å². The number of benzene rings is 1. The van der Waals surface area contributed by atoms with Gasteiger partial charge in [0.2, 0.25) is 0 Å². The van der Waals surface area contributed by atoms with Crippen LogP contribution in [0.25, 0.3) is 16.6 Å². The Kier molecular flexibility index (Phi) is 3.44. The van der Waals surface area contributed by atoms with Gasteiger partial charge in [-0.15, -0.1) is 0 Å². The normalized spacial score (nSPS) is 14.9. The second-order valence-corrected chi connectivity index (χ2v) is 5.27. The first-order valence-electron chi connectivity index (χ1n) is 7.04. The van der Waals surface area contributed by atoms with E-state index >= 15 is 0 Å². The van der Waals surface area contributed by atoms with Crippen LogP contribution in [0, 0.1) is 11.3 Å². The van der Waals surface area contributed by atoms with E-state index in [4.69, 9.17) is 5.11 Å². The van der Waals surface area contributed by atoms with Crippen molar-refractivity contribution in [2.75, 3.05) is 0 Å². The third-order valence-corrected chi connectivity index (χ3v) is 3.89. The molecule has 0 amide bonds. The van der Waals surface area contributed by atoms with Crippen LogP contribution in [0.1, 0.15) is 48.3 Å². The summed E-state index contributed by atoms with van der Waals surface area (Å²) in [4.78, 5) is 18.5. The van der Waals surface area contributed by atoms with Gasteiger partial charge in [-0.05, 0) is 49.5 Å². The van der Waals surface area contributed by atoms with Crippen molar-refractivity contribution in [2.24, 2.45) is 0 Å². The molecule has 0 bridgehead atoms. The van der Waals surface area contributed by atoms with Crippen LogP contribution in [-0.4, -0.2) is 21.0 Å². The van der Waals surface area contributed by atoms with E-state index in [9.17, 15) is 10.1 Å². The number of hydrogen-bond donors (Lipinski definition) is 2. The highest BCUT2D eigenvalue weighted by molar-refractivity contribution is 5.93. The third-order valence-electron chi connectivity index (χ3n) is 3.89. The van der Waals surface area contributed by atoms with Crippen molar-refractivity contribution >= 4 is 22.6 Å². The van der Waals surface area contributed by atoms with Gasteiger partial charge >= 0.3 is 5.97 Å². The molecule has 5 nitrogen and oxygen atoms in total. The van der Waals surface area contributed by atoms with Gasteiger partial charge < -0.3 is 10.1 Å². The summed E-state index contributed by atoms with van der Waals surface area (Å²) in [5, 5.41) is 18.5. The Balaban J connectivity index is 2.07. The topological polar surface area (TPSA) is 89.8 Å². The molecular weight excluding hydrogens is 266 g/mol. The molecule has 1 saturated carbocycles. The molecule has 1 heterocycles. The van der Waals surface area contributed by atoms with E-state index in [1.165, 1.54) is 12.5 Å². The number of H-pyrrole nitrogens is 1. The molecule has 0 unspecified atom stereocenters. The van der Waals surface area contributed by atoms with Gasteiger partial charge in [0.1, 0.15) is 11.9 Å². The standard InChI is InChI=1S/C16H15N3O2/c17-9-12(10-4-2-1-3-5-10)15-18-13-7-6-11(16(20)21)8-14(13)19-15/h6-8H,1-5H2,(H,18,19)(H,20,21). The van der Waals surface area contributed by atoms with Crippen LogP contribution in [-0.2, 0) is 0 Å². The maximum atomic E-state index is 11.0. The van der Waals surface area contributed by atoms with Crippen molar-refractivity contribution in [3.8, 4) is 6.07 Å². The van der Waals surface area contributed by atoms with Gasteiger partial charge in [0.15, 0.2) is 0 Å². The SMILES string of the molecule is N#CC(=C1CCCCC1)c1nc2ccc(C(=O)O)cc2[nH]1. The van der Waals surface area contributed by atoms with Crippen LogP contribution in [0.3, 0.4) is 0 Å². The minimum atomic E-state index is -0.973. The maximum Gasteiger partial charge on any atom is 0.335 e. The molecule has 3 rings (SSSR count). The Labute approximate surface area is 121 Å². The number of aromatic amines is 1. The second-order valence-electron chi connectivity index (χ2n) is 5.27. The number of nitrogens with zero attached hydrogens (tertiary/aromatic N) is 2. The number of nitriles is 1. The number of allylic oxidation sites excluding steroid dienone is 2. The summed E-state index contributed by atoms with van der Waals surface area (Å²) in [5.74, 6) is -0.425. The number of imidazole rings is 1. The van der Waals surface area contributed by atoms with Crippen molar-refractivity contribution in [3.63, 3.8) is 0 Å². The quantitative estimate of drug-likeness (QED) is 0.824. The van der Waals surface area contributed by atoms with E-state index < -0.39 is 5.97 Å². The Morgan fingerprint density at radius 1 is 1.29 bits per heavy atom. The fourth-order valence-electron chi connectivity index (χ4n) is 2.79. The van der Waals surface area contributed by atoms with Crippen molar-refractivity contribution < 1.29 is 9.90 Å². The van der Waals surface area contributed by atoms with E-state index in [2.05, 4.69) is 16.0 Å². The summed E-state index contributed by atoms with van der Waals surface area (Å²) < 4.78 is 0. The van der Waals surface area contributed by atoms with Crippen LogP contribution >= 0.6 is 0 Å². The van der Waals surface area contributed by atoms with Crippen LogP contribution < -0.4 is 0 Å². The van der Waals surface area contributed by atoms with E-state index in [0.29, 0.717) is 22.4 Å². The predicted molar refractivity (Wildman–Crippen MR) is 78.7 cm³/mol. The number of aromatic nitrogens is 2. The molecule has 2 aromatic rings. The van der Waals surface area contributed by atoms with Crippen LogP contribution in [0.2, 0.25) is 0 Å². The van der Waals surface area contributed by atoms with Gasteiger partial charge in [-0.1, -0.05) is 6.42 Å². The Hall–Kier alpha value is -2.61. The van der Waals surface area contributed by atoms with Gasteiger partial charge in [-0.25, -0.2) is 9.78 Å². The van der Waals surface area contributed by atoms with Crippen molar-refractivity contribution in [1.82, 2.24) is 9.97 Å². The van der Waals surface area contributed by atoms with Crippen LogP contribution in [0.4, 0.5) is 0 Å². The summed E-state index contributed by atoms with van der Waals surface area (Å²) in [6.07, 6.45) is 5.33. The monoisotopic (exact) mass is 281 g/mol. The first kappa shape index (κ1) is 13.4. The minimum absolute atomic E-state index is 0.210. The van der Waals surface area contributed by atoms with Gasteiger partial charge in [0, 0.05) is 0 Å². The highest BCUT2D eigenvalue weighted by Crippen LogP contribution is 2.30. The van der Waals surface area contributed by atoms with E-state index in [-0.39, 0.29) is 5.56 Å². The summed E-state index contributed by atoms with van der Waals surface area (Å²) in [6, 6.07) is 7.00. The lowest BCUT2D eigenvalue weighted by Gasteiger charge is -2.14. The number of rotatable bonds is 2. The fraction of sp³-hybridized carbons (Fsp3) is 0.312. The molecule has 21 heavy (non-hydrogen) atoms. The van der Waals surface area contributed by atoms with Crippen molar-refractivity contribution in [3.05, 3.63) is 35.2 Å². The van der Waals surface area contributed by atoms with E-state index in [1.807, 2.05) is 0 Å². The third kappa shape index (κ3) is 2.52. The summed E-state index contributed by atoms with van der Waals surface area (Å²) in [7, 11) is 0. The molecule has 0 radical (unpaired) electrons. The fourth-order valence-corrected chi connectivity index (χ4v) is 2.79. The lowest BCUT2D eigenvalue weighted by molar-refractivity contribution is 0.0697. The summed E-state index contributed by atoms with van der Waals surface area (Å²) in [5.41, 5.74) is 3.30. The molecule has 1 fully saturated rings. The number of carboxylic acids is 1. The largest absolute Gasteiger partial charge is 0.478 e.